The standard InChI is InChI=1S/C17H22N2O3/c20-19(21)12-7-6-11-3-1-5-15(14(11)9-12)18-16-10-17-13(16)4-2-8-22-17/h6-7,9,13,15-18H,1-5,8,10H2/t13-,15+,16+,17+/m0/s1. The van der Waals surface area contributed by atoms with Gasteiger partial charge in [0.15, 0.2) is 0 Å². The van der Waals surface area contributed by atoms with Gasteiger partial charge in [-0.1, -0.05) is 6.07 Å². The fourth-order valence-electron chi connectivity index (χ4n) is 4.32. The Hall–Kier alpha value is -1.46. The first-order valence-corrected chi connectivity index (χ1v) is 8.37. The molecule has 0 bridgehead atoms. The lowest BCUT2D eigenvalue weighted by Gasteiger charge is -2.49. The Labute approximate surface area is 130 Å². The van der Waals surface area contributed by atoms with Gasteiger partial charge in [0.1, 0.15) is 0 Å². The Morgan fingerprint density at radius 1 is 1.27 bits per heavy atom. The molecule has 3 aliphatic rings. The first kappa shape index (κ1) is 14.2. The zero-order valence-electron chi connectivity index (χ0n) is 12.7. The summed E-state index contributed by atoms with van der Waals surface area (Å²) >= 11 is 0. The molecular weight excluding hydrogens is 280 g/mol. The Balaban J connectivity index is 1.52. The van der Waals surface area contributed by atoms with Gasteiger partial charge in [-0.2, -0.15) is 0 Å². The van der Waals surface area contributed by atoms with Gasteiger partial charge in [0.2, 0.25) is 0 Å². The van der Waals surface area contributed by atoms with E-state index in [0.717, 1.165) is 44.3 Å². The number of non-ortho nitro benzene ring substituents is 1. The van der Waals surface area contributed by atoms with Crippen molar-refractivity contribution in [2.24, 2.45) is 5.92 Å². The fraction of sp³-hybridized carbons (Fsp3) is 0.647. The van der Waals surface area contributed by atoms with E-state index in [9.17, 15) is 10.1 Å². The molecule has 1 heterocycles. The average molecular weight is 302 g/mol. The van der Waals surface area contributed by atoms with Crippen molar-refractivity contribution in [2.75, 3.05) is 6.61 Å². The maximum absolute atomic E-state index is 11.0. The van der Waals surface area contributed by atoms with E-state index in [-0.39, 0.29) is 16.7 Å². The van der Waals surface area contributed by atoms with Crippen LogP contribution < -0.4 is 5.32 Å². The number of nitro benzene ring substituents is 1. The molecule has 2 fully saturated rings. The number of nitro groups is 1. The molecule has 1 saturated carbocycles. The van der Waals surface area contributed by atoms with E-state index in [2.05, 4.69) is 5.32 Å². The van der Waals surface area contributed by atoms with Crippen LogP contribution in [0.25, 0.3) is 0 Å². The van der Waals surface area contributed by atoms with Gasteiger partial charge in [-0.15, -0.1) is 0 Å². The van der Waals surface area contributed by atoms with E-state index in [1.165, 1.54) is 12.0 Å². The number of nitrogens with zero attached hydrogens (tertiary/aromatic N) is 1. The average Bonchev–Trinajstić information content (AvgIpc) is 2.52. The van der Waals surface area contributed by atoms with Crippen molar-refractivity contribution in [1.82, 2.24) is 5.32 Å². The lowest BCUT2D eigenvalue weighted by molar-refractivity contribution is -0.385. The highest BCUT2D eigenvalue weighted by molar-refractivity contribution is 5.42. The van der Waals surface area contributed by atoms with Crippen molar-refractivity contribution in [3.8, 4) is 0 Å². The van der Waals surface area contributed by atoms with Crippen LogP contribution in [0, 0.1) is 16.0 Å². The van der Waals surface area contributed by atoms with E-state index in [4.69, 9.17) is 4.74 Å². The summed E-state index contributed by atoms with van der Waals surface area (Å²) in [7, 11) is 0. The normalized spacial score (nSPS) is 33.5. The summed E-state index contributed by atoms with van der Waals surface area (Å²) in [5.74, 6) is 0.637. The first-order valence-electron chi connectivity index (χ1n) is 8.37. The largest absolute Gasteiger partial charge is 0.378 e. The molecule has 1 saturated heterocycles. The van der Waals surface area contributed by atoms with Crippen molar-refractivity contribution < 1.29 is 9.66 Å². The molecular formula is C17H22N2O3. The molecule has 0 amide bonds. The van der Waals surface area contributed by atoms with Crippen LogP contribution in [-0.2, 0) is 11.2 Å². The molecule has 1 aromatic carbocycles. The van der Waals surface area contributed by atoms with E-state index >= 15 is 0 Å². The third-order valence-corrected chi connectivity index (χ3v) is 5.56. The second-order valence-corrected chi connectivity index (χ2v) is 6.81. The van der Waals surface area contributed by atoms with E-state index in [1.807, 2.05) is 6.07 Å². The number of fused-ring (bicyclic) bond motifs is 2. The number of nitrogens with one attached hydrogen (secondary N) is 1. The second-order valence-electron chi connectivity index (χ2n) is 6.81. The van der Waals surface area contributed by atoms with Crippen molar-refractivity contribution in [3.63, 3.8) is 0 Å². The molecule has 0 aromatic heterocycles. The number of aryl methyl sites for hydroxylation is 1. The quantitative estimate of drug-likeness (QED) is 0.688. The Morgan fingerprint density at radius 3 is 3.00 bits per heavy atom. The minimum Gasteiger partial charge on any atom is -0.378 e. The van der Waals surface area contributed by atoms with Crippen LogP contribution in [0.15, 0.2) is 18.2 Å². The summed E-state index contributed by atoms with van der Waals surface area (Å²) in [4.78, 5) is 10.7. The molecule has 0 radical (unpaired) electrons. The van der Waals surface area contributed by atoms with E-state index in [0.29, 0.717) is 18.1 Å². The lowest BCUT2D eigenvalue weighted by Crippen LogP contribution is -2.57. The number of hydrogen-bond acceptors (Lipinski definition) is 4. The van der Waals surface area contributed by atoms with Gasteiger partial charge in [0.25, 0.3) is 5.69 Å². The molecule has 0 unspecified atom stereocenters. The lowest BCUT2D eigenvalue weighted by atomic mass is 9.71. The van der Waals surface area contributed by atoms with Crippen molar-refractivity contribution in [3.05, 3.63) is 39.4 Å². The SMILES string of the molecule is O=[N+]([O-])c1ccc2c(c1)[C@H](N[C@@H]1C[C@H]3OCCC[C@@H]13)CCC2. The smallest absolute Gasteiger partial charge is 0.269 e. The third kappa shape index (κ3) is 2.42. The summed E-state index contributed by atoms with van der Waals surface area (Å²) in [6.45, 7) is 0.909. The Morgan fingerprint density at radius 2 is 2.18 bits per heavy atom. The molecule has 1 aromatic rings. The van der Waals surface area contributed by atoms with Crippen LogP contribution in [0.1, 0.15) is 49.3 Å². The van der Waals surface area contributed by atoms with Crippen molar-refractivity contribution in [2.45, 2.75) is 56.7 Å². The predicted octanol–water partition coefficient (Wildman–Crippen LogP) is 3.13. The van der Waals surface area contributed by atoms with Crippen molar-refractivity contribution in [1.29, 1.82) is 0 Å². The number of benzene rings is 1. The van der Waals surface area contributed by atoms with Gasteiger partial charge in [0.05, 0.1) is 11.0 Å². The first-order chi connectivity index (χ1) is 10.7. The van der Waals surface area contributed by atoms with Crippen LogP contribution in [0.3, 0.4) is 0 Å². The van der Waals surface area contributed by atoms with Gasteiger partial charge in [-0.3, -0.25) is 10.1 Å². The third-order valence-electron chi connectivity index (χ3n) is 5.56. The molecule has 5 heteroatoms. The topological polar surface area (TPSA) is 64.4 Å². The molecule has 2 aliphatic carbocycles. The molecule has 0 spiro atoms. The molecule has 22 heavy (non-hydrogen) atoms. The van der Waals surface area contributed by atoms with Crippen LogP contribution in [0.2, 0.25) is 0 Å². The summed E-state index contributed by atoms with van der Waals surface area (Å²) in [5, 5.41) is 14.8. The van der Waals surface area contributed by atoms with Gasteiger partial charge >= 0.3 is 0 Å². The van der Waals surface area contributed by atoms with Crippen molar-refractivity contribution >= 4 is 5.69 Å². The Kier molecular flexibility index (Phi) is 3.62. The number of ether oxygens (including phenoxy) is 1. The summed E-state index contributed by atoms with van der Waals surface area (Å²) in [5.41, 5.74) is 2.62. The molecule has 4 atom stereocenters. The highest BCUT2D eigenvalue weighted by Gasteiger charge is 2.44. The van der Waals surface area contributed by atoms with E-state index in [1.54, 1.807) is 12.1 Å². The van der Waals surface area contributed by atoms with Gasteiger partial charge in [0, 0.05) is 36.7 Å². The number of rotatable bonds is 3. The highest BCUT2D eigenvalue weighted by Crippen LogP contribution is 2.41. The monoisotopic (exact) mass is 302 g/mol. The predicted molar refractivity (Wildman–Crippen MR) is 82.8 cm³/mol. The maximum atomic E-state index is 11.0. The highest BCUT2D eigenvalue weighted by atomic mass is 16.6. The maximum Gasteiger partial charge on any atom is 0.269 e. The minimum absolute atomic E-state index is 0.208. The summed E-state index contributed by atoms with van der Waals surface area (Å²) < 4.78 is 5.79. The fourth-order valence-corrected chi connectivity index (χ4v) is 4.32. The minimum atomic E-state index is -0.291. The molecule has 4 rings (SSSR count). The molecule has 5 nitrogen and oxygen atoms in total. The van der Waals surface area contributed by atoms with Gasteiger partial charge in [-0.05, 0) is 49.7 Å². The zero-order chi connectivity index (χ0) is 15.1. The van der Waals surface area contributed by atoms with Crippen LogP contribution in [0.5, 0.6) is 0 Å². The summed E-state index contributed by atoms with van der Waals surface area (Å²) in [6, 6.07) is 6.13. The molecule has 1 N–H and O–H groups in total. The van der Waals surface area contributed by atoms with Crippen LogP contribution >= 0.6 is 0 Å². The molecule has 1 aliphatic heterocycles. The van der Waals surface area contributed by atoms with Gasteiger partial charge < -0.3 is 10.1 Å². The van der Waals surface area contributed by atoms with Crippen LogP contribution in [-0.4, -0.2) is 23.7 Å². The summed E-state index contributed by atoms with van der Waals surface area (Å²) in [6.07, 6.45) is 7.20. The number of hydrogen-bond donors (Lipinski definition) is 1. The molecule has 118 valence electrons. The second kappa shape index (κ2) is 5.63. The van der Waals surface area contributed by atoms with Crippen LogP contribution in [0.4, 0.5) is 5.69 Å². The zero-order valence-corrected chi connectivity index (χ0v) is 12.7. The van der Waals surface area contributed by atoms with E-state index < -0.39 is 0 Å². The Bertz CT molecular complexity index is 589. The van der Waals surface area contributed by atoms with Gasteiger partial charge in [-0.25, -0.2) is 0 Å².